The van der Waals surface area contributed by atoms with Gasteiger partial charge in [-0.05, 0) is 24.3 Å². The minimum atomic E-state index is -6.01. The van der Waals surface area contributed by atoms with Gasteiger partial charge in [0.2, 0.25) is 11.8 Å². The molecule has 1 unspecified atom stereocenters. The van der Waals surface area contributed by atoms with Crippen molar-refractivity contribution in [1.82, 2.24) is 0 Å². The first-order valence-corrected chi connectivity index (χ1v) is 7.18. The zero-order valence-electron chi connectivity index (χ0n) is 14.2. The fraction of sp³-hybridized carbons (Fsp3) is 0.400. The molecule has 0 spiro atoms. The Bertz CT molecular complexity index is 701. The Morgan fingerprint density at radius 3 is 1.79 bits per heavy atom. The van der Waals surface area contributed by atoms with Gasteiger partial charge in [0.1, 0.15) is 5.75 Å². The molecule has 13 heteroatoms. The van der Waals surface area contributed by atoms with E-state index < -0.39 is 42.2 Å². The summed E-state index contributed by atoms with van der Waals surface area (Å²) in [7, 11) is 2.02. The van der Waals surface area contributed by atoms with Crippen LogP contribution in [0.15, 0.2) is 24.3 Å². The number of carbonyl (C=O) groups excluding carboxylic acids is 3. The second-order valence-electron chi connectivity index (χ2n) is 5.07. The second kappa shape index (κ2) is 8.80. The lowest BCUT2D eigenvalue weighted by Crippen LogP contribution is -2.48. The molecule has 28 heavy (non-hydrogen) atoms. The van der Waals surface area contributed by atoms with Crippen molar-refractivity contribution in [1.29, 1.82) is 0 Å². The summed E-state index contributed by atoms with van der Waals surface area (Å²) >= 11 is 0. The molecule has 0 aliphatic heterocycles. The molecule has 0 aliphatic rings. The van der Waals surface area contributed by atoms with Crippen LogP contribution < -0.4 is 10.1 Å². The Labute approximate surface area is 153 Å². The third kappa shape index (κ3) is 6.03. The molecule has 0 aliphatic carbocycles. The highest BCUT2D eigenvalue weighted by Gasteiger charge is 2.60. The third-order valence-electron chi connectivity index (χ3n) is 3.12. The first-order chi connectivity index (χ1) is 12.8. The largest absolute Gasteiger partial charge is 0.497 e. The summed E-state index contributed by atoms with van der Waals surface area (Å²) in [4.78, 5) is 35.5. The summed E-state index contributed by atoms with van der Waals surface area (Å²) in [6.07, 6.45) is -16.5. The van der Waals surface area contributed by atoms with E-state index in [1.165, 1.54) is 31.4 Å². The molecule has 0 aromatic heterocycles. The molecular formula is C15H13F6NO6. The van der Waals surface area contributed by atoms with Crippen LogP contribution in [0.4, 0.5) is 32.0 Å². The summed E-state index contributed by atoms with van der Waals surface area (Å²) in [5.41, 5.74) is -0.0318. The van der Waals surface area contributed by atoms with Crippen molar-refractivity contribution in [3.8, 4) is 5.75 Å². The molecule has 0 fully saturated rings. The van der Waals surface area contributed by atoms with Crippen molar-refractivity contribution in [3.05, 3.63) is 24.3 Å². The molecule has 0 radical (unpaired) electrons. The van der Waals surface area contributed by atoms with Crippen LogP contribution in [0.3, 0.4) is 0 Å². The number of esters is 2. The SMILES string of the molecule is COC(=O)C(C(=O)Nc1ccc(OC)cc1)C(=O)OC(C(F)(F)F)C(F)(F)F. The number of rotatable bonds is 6. The summed E-state index contributed by atoms with van der Waals surface area (Å²) in [6, 6.07) is 5.18. The van der Waals surface area contributed by atoms with Crippen LogP contribution in [0.25, 0.3) is 0 Å². The van der Waals surface area contributed by atoms with Gasteiger partial charge >= 0.3 is 24.3 Å². The lowest BCUT2D eigenvalue weighted by atomic mass is 10.1. The molecule has 0 saturated carbocycles. The van der Waals surface area contributed by atoms with Gasteiger partial charge in [0.05, 0.1) is 14.2 Å². The molecule has 1 amide bonds. The topological polar surface area (TPSA) is 90.9 Å². The number of halogens is 6. The lowest BCUT2D eigenvalue weighted by molar-refractivity contribution is -0.314. The first kappa shape index (κ1) is 23.0. The minimum absolute atomic E-state index is 0.0318. The van der Waals surface area contributed by atoms with Crippen molar-refractivity contribution in [2.75, 3.05) is 19.5 Å². The minimum Gasteiger partial charge on any atom is -0.497 e. The fourth-order valence-corrected chi connectivity index (χ4v) is 1.82. The average Bonchev–Trinajstić information content (AvgIpc) is 2.58. The number of carbonyl (C=O) groups is 3. The summed E-state index contributed by atoms with van der Waals surface area (Å²) in [5.74, 6) is -8.00. The Balaban J connectivity index is 3.06. The maximum atomic E-state index is 12.5. The van der Waals surface area contributed by atoms with E-state index in [-0.39, 0.29) is 5.69 Å². The normalized spacial score (nSPS) is 12.9. The Kier molecular flexibility index (Phi) is 7.24. The number of nitrogens with one attached hydrogen (secondary N) is 1. The third-order valence-corrected chi connectivity index (χ3v) is 3.12. The monoisotopic (exact) mass is 417 g/mol. The molecule has 7 nitrogen and oxygen atoms in total. The molecule has 1 atom stereocenters. The maximum Gasteiger partial charge on any atom is 0.434 e. The van der Waals surface area contributed by atoms with Crippen molar-refractivity contribution in [2.45, 2.75) is 18.5 Å². The number of alkyl halides is 6. The van der Waals surface area contributed by atoms with E-state index in [1.807, 2.05) is 5.32 Å². The van der Waals surface area contributed by atoms with Gasteiger partial charge in [-0.1, -0.05) is 0 Å². The molecule has 1 aromatic rings. The van der Waals surface area contributed by atoms with Gasteiger partial charge in [0, 0.05) is 5.69 Å². The van der Waals surface area contributed by atoms with Gasteiger partial charge in [-0.2, -0.15) is 26.3 Å². The number of methoxy groups -OCH3 is 2. The summed E-state index contributed by atoms with van der Waals surface area (Å²) in [6.45, 7) is 0. The summed E-state index contributed by atoms with van der Waals surface area (Å²) < 4.78 is 87.4. The smallest absolute Gasteiger partial charge is 0.434 e. The predicted molar refractivity (Wildman–Crippen MR) is 79.1 cm³/mol. The van der Waals surface area contributed by atoms with Crippen LogP contribution in [-0.4, -0.2) is 50.5 Å². The van der Waals surface area contributed by atoms with E-state index in [9.17, 15) is 40.7 Å². The molecule has 1 aromatic carbocycles. The van der Waals surface area contributed by atoms with Gasteiger partial charge in [-0.15, -0.1) is 0 Å². The number of hydrogen-bond donors (Lipinski definition) is 1. The number of benzene rings is 1. The number of amides is 1. The molecule has 0 saturated heterocycles. The lowest BCUT2D eigenvalue weighted by Gasteiger charge is -2.24. The predicted octanol–water partition coefficient (Wildman–Crippen LogP) is 2.46. The highest BCUT2D eigenvalue weighted by atomic mass is 19.4. The van der Waals surface area contributed by atoms with E-state index in [2.05, 4.69) is 9.47 Å². The zero-order valence-corrected chi connectivity index (χ0v) is 14.2. The number of ether oxygens (including phenoxy) is 3. The Hall–Kier alpha value is -2.99. The molecule has 1 N–H and O–H groups in total. The van der Waals surface area contributed by atoms with E-state index in [0.717, 1.165) is 0 Å². The Morgan fingerprint density at radius 2 is 1.39 bits per heavy atom. The zero-order chi connectivity index (χ0) is 21.7. The summed E-state index contributed by atoms with van der Waals surface area (Å²) in [5, 5.41) is 1.98. The van der Waals surface area contributed by atoms with Crippen LogP contribution in [0.2, 0.25) is 0 Å². The Morgan fingerprint density at radius 1 is 0.893 bits per heavy atom. The highest BCUT2D eigenvalue weighted by molar-refractivity contribution is 6.18. The quantitative estimate of drug-likeness (QED) is 0.435. The van der Waals surface area contributed by atoms with E-state index in [4.69, 9.17) is 4.74 Å². The van der Waals surface area contributed by atoms with Crippen LogP contribution in [0, 0.1) is 5.92 Å². The van der Waals surface area contributed by atoms with Gasteiger partial charge < -0.3 is 19.5 Å². The van der Waals surface area contributed by atoms with Crippen LogP contribution in [-0.2, 0) is 23.9 Å². The van der Waals surface area contributed by atoms with Crippen LogP contribution in [0.1, 0.15) is 0 Å². The van der Waals surface area contributed by atoms with E-state index in [1.54, 1.807) is 0 Å². The fourth-order valence-electron chi connectivity index (χ4n) is 1.82. The molecular weight excluding hydrogens is 404 g/mol. The van der Waals surface area contributed by atoms with Crippen molar-refractivity contribution in [3.63, 3.8) is 0 Å². The van der Waals surface area contributed by atoms with Crippen molar-refractivity contribution in [2.24, 2.45) is 5.92 Å². The van der Waals surface area contributed by atoms with Crippen LogP contribution >= 0.6 is 0 Å². The highest BCUT2D eigenvalue weighted by Crippen LogP contribution is 2.36. The second-order valence-corrected chi connectivity index (χ2v) is 5.07. The van der Waals surface area contributed by atoms with Crippen LogP contribution in [0.5, 0.6) is 5.75 Å². The molecule has 0 heterocycles. The van der Waals surface area contributed by atoms with E-state index in [0.29, 0.717) is 12.9 Å². The number of anilines is 1. The maximum absolute atomic E-state index is 12.5. The molecule has 1 rings (SSSR count). The molecule has 156 valence electrons. The number of hydrogen-bond acceptors (Lipinski definition) is 6. The van der Waals surface area contributed by atoms with Crippen molar-refractivity contribution < 1.29 is 54.9 Å². The standard InChI is InChI=1S/C15H13F6NO6/c1-26-8-5-3-7(4-6-8)22-10(23)9(11(24)27-2)12(25)28-13(14(16,17)18)15(19,20)21/h3-6,9,13H,1-2H3,(H,22,23). The molecule has 0 bridgehead atoms. The average molecular weight is 417 g/mol. The van der Waals surface area contributed by atoms with E-state index >= 15 is 0 Å². The first-order valence-electron chi connectivity index (χ1n) is 7.18. The van der Waals surface area contributed by atoms with Gasteiger partial charge in [0.25, 0.3) is 6.10 Å². The van der Waals surface area contributed by atoms with Gasteiger partial charge in [-0.25, -0.2) is 0 Å². The van der Waals surface area contributed by atoms with Gasteiger partial charge in [0.15, 0.2) is 0 Å². The van der Waals surface area contributed by atoms with Crippen molar-refractivity contribution >= 4 is 23.5 Å². The van der Waals surface area contributed by atoms with Gasteiger partial charge in [-0.3, -0.25) is 14.4 Å².